The van der Waals surface area contributed by atoms with Crippen LogP contribution in [0, 0.1) is 6.92 Å². The smallest absolute Gasteiger partial charge is 0.135 e. The van der Waals surface area contributed by atoms with Gasteiger partial charge in [0, 0.05) is 16.9 Å². The van der Waals surface area contributed by atoms with Gasteiger partial charge in [-0.15, -0.1) is 0 Å². The van der Waals surface area contributed by atoms with Gasteiger partial charge in [-0.3, -0.25) is 0 Å². The SMILES string of the molecule is C=CCO/N=C(/C)c1cc(-c2ccc(OC)cc2)n(-c2ccccc2)c1C. The topological polar surface area (TPSA) is 35.8 Å². The molecule has 1 heterocycles. The second kappa shape index (κ2) is 8.41. The summed E-state index contributed by atoms with van der Waals surface area (Å²) < 4.78 is 7.53. The van der Waals surface area contributed by atoms with E-state index in [1.54, 1.807) is 13.2 Å². The third-order valence-electron chi connectivity index (χ3n) is 4.43. The summed E-state index contributed by atoms with van der Waals surface area (Å²) in [4.78, 5) is 5.29. The third-order valence-corrected chi connectivity index (χ3v) is 4.43. The summed E-state index contributed by atoms with van der Waals surface area (Å²) in [6, 6.07) is 20.5. The number of ether oxygens (including phenoxy) is 1. The number of nitrogens with zero attached hydrogens (tertiary/aromatic N) is 2. The molecule has 0 amide bonds. The van der Waals surface area contributed by atoms with Crippen LogP contribution in [0.4, 0.5) is 0 Å². The minimum Gasteiger partial charge on any atom is -0.497 e. The first kappa shape index (κ1) is 18.5. The highest BCUT2D eigenvalue weighted by molar-refractivity contribution is 6.01. The van der Waals surface area contributed by atoms with Gasteiger partial charge in [0.25, 0.3) is 0 Å². The molecule has 0 aliphatic carbocycles. The first-order chi connectivity index (χ1) is 13.2. The number of benzene rings is 2. The lowest BCUT2D eigenvalue weighted by molar-refractivity contribution is 0.175. The normalized spacial score (nSPS) is 11.3. The van der Waals surface area contributed by atoms with E-state index in [1.807, 2.05) is 37.3 Å². The number of hydrogen-bond acceptors (Lipinski definition) is 3. The molecule has 4 heteroatoms. The molecule has 0 bridgehead atoms. The highest BCUT2D eigenvalue weighted by atomic mass is 16.6. The van der Waals surface area contributed by atoms with Crippen LogP contribution in [-0.4, -0.2) is 24.0 Å². The lowest BCUT2D eigenvalue weighted by Crippen LogP contribution is -2.02. The molecule has 2 aromatic carbocycles. The van der Waals surface area contributed by atoms with Crippen molar-refractivity contribution in [3.05, 3.63) is 84.6 Å². The zero-order valence-electron chi connectivity index (χ0n) is 16.0. The summed E-state index contributed by atoms with van der Waals surface area (Å²) >= 11 is 0. The van der Waals surface area contributed by atoms with Crippen molar-refractivity contribution < 1.29 is 9.57 Å². The lowest BCUT2D eigenvalue weighted by atomic mass is 10.1. The van der Waals surface area contributed by atoms with E-state index in [1.165, 1.54) is 0 Å². The highest BCUT2D eigenvalue weighted by Crippen LogP contribution is 2.31. The average molecular weight is 360 g/mol. The van der Waals surface area contributed by atoms with E-state index < -0.39 is 0 Å². The van der Waals surface area contributed by atoms with Gasteiger partial charge in [-0.25, -0.2) is 0 Å². The highest BCUT2D eigenvalue weighted by Gasteiger charge is 2.17. The Balaban J connectivity index is 2.14. The maximum absolute atomic E-state index is 5.29. The molecule has 0 saturated heterocycles. The summed E-state index contributed by atoms with van der Waals surface area (Å²) in [5, 5.41) is 4.23. The number of para-hydroxylation sites is 1. The molecule has 0 unspecified atom stereocenters. The van der Waals surface area contributed by atoms with Crippen molar-refractivity contribution in [2.75, 3.05) is 13.7 Å². The summed E-state index contributed by atoms with van der Waals surface area (Å²) in [7, 11) is 1.67. The Morgan fingerprint density at radius 3 is 2.44 bits per heavy atom. The Bertz CT molecular complexity index is 939. The second-order valence-electron chi connectivity index (χ2n) is 6.19. The average Bonchev–Trinajstić information content (AvgIpc) is 3.06. The Morgan fingerprint density at radius 1 is 1.11 bits per heavy atom. The number of methoxy groups -OCH3 is 1. The summed E-state index contributed by atoms with van der Waals surface area (Å²) in [6.07, 6.45) is 1.68. The largest absolute Gasteiger partial charge is 0.497 e. The van der Waals surface area contributed by atoms with Gasteiger partial charge in [0.15, 0.2) is 0 Å². The van der Waals surface area contributed by atoms with Crippen LogP contribution in [0.25, 0.3) is 16.9 Å². The van der Waals surface area contributed by atoms with Crippen LogP contribution in [-0.2, 0) is 4.84 Å². The van der Waals surface area contributed by atoms with E-state index in [4.69, 9.17) is 9.57 Å². The molecule has 0 radical (unpaired) electrons. The lowest BCUT2D eigenvalue weighted by Gasteiger charge is -2.12. The second-order valence-corrected chi connectivity index (χ2v) is 6.19. The Labute approximate surface area is 160 Å². The molecule has 0 spiro atoms. The van der Waals surface area contributed by atoms with Crippen LogP contribution in [0.5, 0.6) is 5.75 Å². The predicted molar refractivity (Wildman–Crippen MR) is 111 cm³/mol. The molecule has 3 aromatic rings. The van der Waals surface area contributed by atoms with Crippen LogP contribution in [0.3, 0.4) is 0 Å². The molecule has 27 heavy (non-hydrogen) atoms. The molecule has 1 aromatic heterocycles. The molecule has 3 rings (SSSR count). The Kier molecular flexibility index (Phi) is 5.77. The summed E-state index contributed by atoms with van der Waals surface area (Å²) in [5.74, 6) is 0.837. The predicted octanol–water partition coefficient (Wildman–Crippen LogP) is 5.39. The molecule has 0 saturated carbocycles. The molecule has 0 aliphatic rings. The van der Waals surface area contributed by atoms with E-state index in [0.29, 0.717) is 6.61 Å². The van der Waals surface area contributed by atoms with Crippen molar-refractivity contribution in [1.29, 1.82) is 0 Å². The maximum atomic E-state index is 5.29. The van der Waals surface area contributed by atoms with Gasteiger partial charge in [-0.05, 0) is 61.9 Å². The van der Waals surface area contributed by atoms with Crippen molar-refractivity contribution in [2.45, 2.75) is 13.8 Å². The maximum Gasteiger partial charge on any atom is 0.135 e. The van der Waals surface area contributed by atoms with E-state index in [2.05, 4.69) is 53.6 Å². The standard InChI is InChI=1S/C23H24N2O2/c1-5-15-27-24-17(2)22-16-23(19-11-13-21(26-4)14-12-19)25(18(22)3)20-9-7-6-8-10-20/h5-14,16H,1,15H2,2-4H3/b24-17-. The van der Waals surface area contributed by atoms with Crippen molar-refractivity contribution in [3.63, 3.8) is 0 Å². The fourth-order valence-electron chi connectivity index (χ4n) is 3.09. The molecule has 4 nitrogen and oxygen atoms in total. The van der Waals surface area contributed by atoms with Gasteiger partial charge in [0.2, 0.25) is 0 Å². The quantitative estimate of drug-likeness (QED) is 0.245. The molecular weight excluding hydrogens is 336 g/mol. The van der Waals surface area contributed by atoms with E-state index in [9.17, 15) is 0 Å². The van der Waals surface area contributed by atoms with Crippen molar-refractivity contribution >= 4 is 5.71 Å². The minimum absolute atomic E-state index is 0.390. The van der Waals surface area contributed by atoms with Gasteiger partial charge in [-0.1, -0.05) is 36.0 Å². The van der Waals surface area contributed by atoms with Crippen LogP contribution >= 0.6 is 0 Å². The Morgan fingerprint density at radius 2 is 1.81 bits per heavy atom. The molecule has 0 fully saturated rings. The summed E-state index contributed by atoms with van der Waals surface area (Å²) in [6.45, 7) is 8.10. The Hall–Kier alpha value is -3.27. The van der Waals surface area contributed by atoms with E-state index >= 15 is 0 Å². The zero-order chi connectivity index (χ0) is 19.2. The monoisotopic (exact) mass is 360 g/mol. The number of oxime groups is 1. The van der Waals surface area contributed by atoms with Crippen LogP contribution in [0.1, 0.15) is 18.2 Å². The van der Waals surface area contributed by atoms with E-state index in [-0.39, 0.29) is 0 Å². The van der Waals surface area contributed by atoms with Crippen LogP contribution in [0.15, 0.2) is 78.5 Å². The number of hydrogen-bond donors (Lipinski definition) is 0. The van der Waals surface area contributed by atoms with Crippen molar-refractivity contribution in [3.8, 4) is 22.7 Å². The van der Waals surface area contributed by atoms with Gasteiger partial charge < -0.3 is 14.1 Å². The molecule has 0 atom stereocenters. The van der Waals surface area contributed by atoms with Crippen LogP contribution in [0.2, 0.25) is 0 Å². The minimum atomic E-state index is 0.390. The van der Waals surface area contributed by atoms with E-state index in [0.717, 1.165) is 39.7 Å². The third kappa shape index (κ3) is 3.95. The van der Waals surface area contributed by atoms with Crippen molar-refractivity contribution in [2.24, 2.45) is 5.16 Å². The first-order valence-corrected chi connectivity index (χ1v) is 8.85. The fraction of sp³-hybridized carbons (Fsp3) is 0.174. The van der Waals surface area contributed by atoms with Gasteiger partial charge >= 0.3 is 0 Å². The number of rotatable bonds is 7. The molecule has 0 aliphatic heterocycles. The zero-order valence-corrected chi connectivity index (χ0v) is 16.0. The van der Waals surface area contributed by atoms with Crippen LogP contribution < -0.4 is 4.74 Å². The first-order valence-electron chi connectivity index (χ1n) is 8.85. The van der Waals surface area contributed by atoms with Gasteiger partial charge in [-0.2, -0.15) is 0 Å². The molecule has 0 N–H and O–H groups in total. The summed E-state index contributed by atoms with van der Waals surface area (Å²) in [5.41, 5.74) is 6.29. The molecule has 138 valence electrons. The molecular formula is C23H24N2O2. The number of aromatic nitrogens is 1. The fourth-order valence-corrected chi connectivity index (χ4v) is 3.09. The van der Waals surface area contributed by atoms with Gasteiger partial charge in [0.1, 0.15) is 12.4 Å². The van der Waals surface area contributed by atoms with Gasteiger partial charge in [0.05, 0.1) is 18.5 Å². The van der Waals surface area contributed by atoms with Crippen molar-refractivity contribution in [1.82, 2.24) is 4.57 Å².